The maximum absolute atomic E-state index is 11.9. The molecule has 1 aliphatic heterocycles. The van der Waals surface area contributed by atoms with E-state index >= 15 is 0 Å². The molecule has 0 bridgehead atoms. The molecule has 1 saturated heterocycles. The van der Waals surface area contributed by atoms with E-state index in [1.165, 1.54) is 0 Å². The Balaban J connectivity index is 1.73. The smallest absolute Gasteiger partial charge is 0.419 e. The number of fused-ring (bicyclic) bond motifs is 1. The zero-order chi connectivity index (χ0) is 14.8. The summed E-state index contributed by atoms with van der Waals surface area (Å²) in [4.78, 5) is 24.9. The summed E-state index contributed by atoms with van der Waals surface area (Å²) in [5, 5.41) is 8.93. The van der Waals surface area contributed by atoms with Gasteiger partial charge < -0.3 is 9.52 Å². The topological polar surface area (TPSA) is 75.7 Å². The van der Waals surface area contributed by atoms with Gasteiger partial charge in [-0.05, 0) is 31.5 Å². The van der Waals surface area contributed by atoms with Crippen molar-refractivity contribution in [2.75, 3.05) is 13.1 Å². The lowest BCUT2D eigenvalue weighted by atomic mass is 10.1. The number of oxazole rings is 1. The number of carboxylic acids is 1. The van der Waals surface area contributed by atoms with Gasteiger partial charge in [0.2, 0.25) is 0 Å². The van der Waals surface area contributed by atoms with Crippen LogP contribution >= 0.6 is 0 Å². The van der Waals surface area contributed by atoms with E-state index in [1.807, 2.05) is 18.2 Å². The number of para-hydroxylation sites is 2. The van der Waals surface area contributed by atoms with Crippen molar-refractivity contribution in [3.63, 3.8) is 0 Å². The second-order valence-corrected chi connectivity index (χ2v) is 5.42. The Morgan fingerprint density at radius 2 is 2.14 bits per heavy atom. The van der Waals surface area contributed by atoms with Crippen molar-refractivity contribution < 1.29 is 14.3 Å². The molecule has 0 radical (unpaired) electrons. The number of rotatable bonds is 5. The van der Waals surface area contributed by atoms with Crippen molar-refractivity contribution >= 4 is 17.1 Å². The van der Waals surface area contributed by atoms with Gasteiger partial charge in [0, 0.05) is 19.1 Å². The Bertz CT molecular complexity index is 703. The Kier molecular flexibility index (Phi) is 3.79. The zero-order valence-corrected chi connectivity index (χ0v) is 11.7. The Morgan fingerprint density at radius 1 is 1.33 bits per heavy atom. The van der Waals surface area contributed by atoms with E-state index < -0.39 is 5.97 Å². The Morgan fingerprint density at radius 3 is 2.95 bits per heavy atom. The van der Waals surface area contributed by atoms with Crippen LogP contribution in [0.15, 0.2) is 33.5 Å². The molecular formula is C15H18N2O4. The maximum atomic E-state index is 11.9. The number of likely N-dealkylation sites (tertiary alicyclic amines) is 1. The van der Waals surface area contributed by atoms with Crippen LogP contribution in [0.1, 0.15) is 19.3 Å². The van der Waals surface area contributed by atoms with E-state index in [-0.39, 0.29) is 18.2 Å². The lowest BCUT2D eigenvalue weighted by Crippen LogP contribution is -2.35. The quantitative estimate of drug-likeness (QED) is 0.904. The predicted octanol–water partition coefficient (Wildman–Crippen LogP) is 1.53. The molecule has 6 heteroatoms. The first kappa shape index (κ1) is 13.9. The van der Waals surface area contributed by atoms with Crippen LogP contribution in [0.3, 0.4) is 0 Å². The third-order valence-electron chi connectivity index (χ3n) is 4.09. The fourth-order valence-electron chi connectivity index (χ4n) is 3.08. The highest BCUT2D eigenvalue weighted by atomic mass is 16.4. The highest BCUT2D eigenvalue weighted by molar-refractivity contribution is 5.72. The monoisotopic (exact) mass is 290 g/mol. The number of hydrogen-bond acceptors (Lipinski definition) is 4. The molecule has 2 heterocycles. The van der Waals surface area contributed by atoms with Crippen LogP contribution in [-0.4, -0.2) is 39.7 Å². The average Bonchev–Trinajstić information content (AvgIpc) is 2.99. The fourth-order valence-corrected chi connectivity index (χ4v) is 3.08. The molecule has 1 atom stereocenters. The summed E-state index contributed by atoms with van der Waals surface area (Å²) in [6.07, 6.45) is 2.09. The van der Waals surface area contributed by atoms with Crippen LogP contribution in [0.2, 0.25) is 0 Å². The van der Waals surface area contributed by atoms with E-state index in [0.717, 1.165) is 24.9 Å². The molecule has 1 unspecified atom stereocenters. The zero-order valence-electron chi connectivity index (χ0n) is 11.7. The van der Waals surface area contributed by atoms with Crippen LogP contribution < -0.4 is 5.76 Å². The van der Waals surface area contributed by atoms with Crippen LogP contribution in [0.5, 0.6) is 0 Å². The van der Waals surface area contributed by atoms with Crippen LogP contribution in [-0.2, 0) is 11.3 Å². The summed E-state index contributed by atoms with van der Waals surface area (Å²) in [7, 11) is 0. The van der Waals surface area contributed by atoms with Crippen molar-refractivity contribution in [1.29, 1.82) is 0 Å². The largest absolute Gasteiger partial charge is 0.481 e. The highest BCUT2D eigenvalue weighted by Gasteiger charge is 2.26. The van der Waals surface area contributed by atoms with Gasteiger partial charge in [0.05, 0.1) is 11.9 Å². The summed E-state index contributed by atoms with van der Waals surface area (Å²) >= 11 is 0. The molecule has 1 aliphatic rings. The summed E-state index contributed by atoms with van der Waals surface area (Å²) < 4.78 is 6.82. The third kappa shape index (κ3) is 2.85. The van der Waals surface area contributed by atoms with E-state index in [9.17, 15) is 9.59 Å². The molecule has 0 saturated carbocycles. The SMILES string of the molecule is O=C(O)CC1CCCN1CCn1c(=O)oc2ccccc21. The van der Waals surface area contributed by atoms with Gasteiger partial charge in [-0.2, -0.15) is 0 Å². The Labute approximate surface area is 121 Å². The molecule has 2 aromatic rings. The predicted molar refractivity (Wildman–Crippen MR) is 77.3 cm³/mol. The number of benzene rings is 1. The number of hydrogen-bond donors (Lipinski definition) is 1. The summed E-state index contributed by atoms with van der Waals surface area (Å²) in [6, 6.07) is 7.42. The van der Waals surface area contributed by atoms with Crippen LogP contribution in [0.25, 0.3) is 11.1 Å². The summed E-state index contributed by atoms with van der Waals surface area (Å²) in [5.74, 6) is -1.12. The van der Waals surface area contributed by atoms with Gasteiger partial charge in [0.15, 0.2) is 5.58 Å². The van der Waals surface area contributed by atoms with Gasteiger partial charge in [-0.3, -0.25) is 14.3 Å². The van der Waals surface area contributed by atoms with Crippen LogP contribution in [0.4, 0.5) is 0 Å². The molecule has 1 aromatic heterocycles. The third-order valence-corrected chi connectivity index (χ3v) is 4.09. The molecule has 0 aliphatic carbocycles. The molecule has 21 heavy (non-hydrogen) atoms. The normalized spacial score (nSPS) is 19.3. The first-order chi connectivity index (χ1) is 10.1. The van der Waals surface area contributed by atoms with Crippen molar-refractivity contribution in [2.24, 2.45) is 0 Å². The minimum Gasteiger partial charge on any atom is -0.481 e. The Hall–Kier alpha value is -2.08. The molecule has 0 spiro atoms. The minimum atomic E-state index is -0.766. The number of aromatic nitrogens is 1. The first-order valence-corrected chi connectivity index (χ1v) is 7.19. The van der Waals surface area contributed by atoms with E-state index in [0.29, 0.717) is 18.7 Å². The summed E-state index contributed by atoms with van der Waals surface area (Å²) in [5.41, 5.74) is 1.38. The van der Waals surface area contributed by atoms with Crippen molar-refractivity contribution in [3.8, 4) is 0 Å². The van der Waals surface area contributed by atoms with E-state index in [1.54, 1.807) is 10.6 Å². The van der Waals surface area contributed by atoms with Gasteiger partial charge in [0.25, 0.3) is 0 Å². The number of carboxylic acid groups (broad SMARTS) is 1. The second-order valence-electron chi connectivity index (χ2n) is 5.42. The van der Waals surface area contributed by atoms with Gasteiger partial charge in [-0.25, -0.2) is 4.79 Å². The molecular weight excluding hydrogens is 272 g/mol. The van der Waals surface area contributed by atoms with E-state index in [4.69, 9.17) is 9.52 Å². The molecule has 6 nitrogen and oxygen atoms in total. The average molecular weight is 290 g/mol. The highest BCUT2D eigenvalue weighted by Crippen LogP contribution is 2.20. The number of nitrogens with zero attached hydrogens (tertiary/aromatic N) is 2. The molecule has 112 valence electrons. The van der Waals surface area contributed by atoms with Crippen LogP contribution in [0, 0.1) is 0 Å². The minimum absolute atomic E-state index is 0.0800. The van der Waals surface area contributed by atoms with Gasteiger partial charge >= 0.3 is 11.7 Å². The van der Waals surface area contributed by atoms with Crippen molar-refractivity contribution in [3.05, 3.63) is 34.8 Å². The molecule has 1 N–H and O–H groups in total. The summed E-state index contributed by atoms with van der Waals surface area (Å²) in [6.45, 7) is 2.08. The van der Waals surface area contributed by atoms with Gasteiger partial charge in [-0.1, -0.05) is 12.1 Å². The molecule has 1 aromatic carbocycles. The first-order valence-electron chi connectivity index (χ1n) is 7.19. The molecule has 3 rings (SSSR count). The van der Waals surface area contributed by atoms with Gasteiger partial charge in [-0.15, -0.1) is 0 Å². The second kappa shape index (κ2) is 5.73. The standard InChI is InChI=1S/C15H18N2O4/c18-14(19)10-11-4-3-7-16(11)8-9-17-12-5-1-2-6-13(12)21-15(17)20/h1-2,5-6,11H,3-4,7-10H2,(H,18,19). The number of aliphatic carboxylic acids is 1. The number of carbonyl (C=O) groups is 1. The van der Waals surface area contributed by atoms with E-state index in [2.05, 4.69) is 4.90 Å². The fraction of sp³-hybridized carbons (Fsp3) is 0.467. The lowest BCUT2D eigenvalue weighted by molar-refractivity contribution is -0.138. The molecule has 0 amide bonds. The molecule has 1 fully saturated rings. The van der Waals surface area contributed by atoms with Crippen molar-refractivity contribution in [2.45, 2.75) is 31.8 Å². The van der Waals surface area contributed by atoms with Gasteiger partial charge in [0.1, 0.15) is 0 Å². The lowest BCUT2D eigenvalue weighted by Gasteiger charge is -2.22. The maximum Gasteiger partial charge on any atom is 0.419 e. The van der Waals surface area contributed by atoms with Crippen molar-refractivity contribution in [1.82, 2.24) is 9.47 Å².